The van der Waals surface area contributed by atoms with Gasteiger partial charge in [-0.05, 0) is 25.7 Å². The molecule has 0 N–H and O–H groups in total. The van der Waals surface area contributed by atoms with Crippen molar-refractivity contribution < 1.29 is 12.8 Å². The van der Waals surface area contributed by atoms with Crippen LogP contribution >= 0.6 is 0 Å². The fourth-order valence-electron chi connectivity index (χ4n) is 1.48. The first-order valence-electron chi connectivity index (χ1n) is 3.83. The second kappa shape index (κ2) is 3.09. The van der Waals surface area contributed by atoms with Gasteiger partial charge in [-0.2, -0.15) is 0 Å². The van der Waals surface area contributed by atoms with E-state index in [4.69, 9.17) is 0 Å². The molecule has 0 bridgehead atoms. The minimum Gasteiger partial charge on any atom is -0.247 e. The molecule has 0 aromatic carbocycles. The first-order chi connectivity index (χ1) is 5.00. The maximum atomic E-state index is 12.7. The molecule has 0 aromatic rings. The Morgan fingerprint density at radius 2 is 2.00 bits per heavy atom. The van der Waals surface area contributed by atoms with E-state index in [1.165, 1.54) is 6.26 Å². The van der Waals surface area contributed by atoms with Crippen molar-refractivity contribution in [2.75, 3.05) is 6.26 Å². The molecular weight excluding hydrogens is 167 g/mol. The van der Waals surface area contributed by atoms with E-state index >= 15 is 0 Å². The van der Waals surface area contributed by atoms with Crippen molar-refractivity contribution in [2.45, 2.75) is 37.1 Å². The van der Waals surface area contributed by atoms with Crippen molar-refractivity contribution in [3.8, 4) is 0 Å². The van der Waals surface area contributed by atoms with Gasteiger partial charge in [-0.15, -0.1) is 0 Å². The molecule has 2 nitrogen and oxygen atoms in total. The monoisotopic (exact) mass is 180 g/mol. The van der Waals surface area contributed by atoms with Crippen LogP contribution < -0.4 is 0 Å². The third-order valence-corrected chi connectivity index (χ3v) is 3.81. The van der Waals surface area contributed by atoms with Gasteiger partial charge in [0.25, 0.3) is 0 Å². The normalized spacial score (nSPS) is 33.6. The van der Waals surface area contributed by atoms with Gasteiger partial charge in [0.2, 0.25) is 0 Å². The van der Waals surface area contributed by atoms with Crippen LogP contribution in [0.2, 0.25) is 0 Å². The molecule has 0 spiro atoms. The standard InChI is InChI=1S/C7H13FO2S/c1-11(9,10)7-4-2-3-6(8)5-7/h6-7H,2-5H2,1H3. The molecule has 1 fully saturated rings. The Hall–Kier alpha value is -0.120. The van der Waals surface area contributed by atoms with Crippen LogP contribution in [0.1, 0.15) is 25.7 Å². The molecule has 0 radical (unpaired) electrons. The Balaban J connectivity index is 2.60. The average molecular weight is 180 g/mol. The van der Waals surface area contributed by atoms with E-state index in [0.717, 1.165) is 0 Å². The third-order valence-electron chi connectivity index (χ3n) is 2.17. The largest absolute Gasteiger partial charge is 0.247 e. The SMILES string of the molecule is CS(=O)(=O)C1CCCC(F)C1. The van der Waals surface area contributed by atoms with E-state index in [-0.39, 0.29) is 6.42 Å². The van der Waals surface area contributed by atoms with E-state index in [1.807, 2.05) is 0 Å². The average Bonchev–Trinajstić information content (AvgIpc) is 1.86. The minimum atomic E-state index is -3.00. The smallest absolute Gasteiger partial charge is 0.150 e. The highest BCUT2D eigenvalue weighted by Crippen LogP contribution is 2.25. The van der Waals surface area contributed by atoms with Gasteiger partial charge in [0.15, 0.2) is 0 Å². The topological polar surface area (TPSA) is 34.1 Å². The Kier molecular flexibility index (Phi) is 2.52. The van der Waals surface area contributed by atoms with Crippen molar-refractivity contribution in [3.63, 3.8) is 0 Å². The Bertz CT molecular complexity index is 223. The van der Waals surface area contributed by atoms with Gasteiger partial charge >= 0.3 is 0 Å². The summed E-state index contributed by atoms with van der Waals surface area (Å²) in [6.07, 6.45) is 2.38. The predicted molar refractivity (Wildman–Crippen MR) is 42.0 cm³/mol. The van der Waals surface area contributed by atoms with Gasteiger partial charge in [-0.3, -0.25) is 0 Å². The van der Waals surface area contributed by atoms with E-state index in [9.17, 15) is 12.8 Å². The maximum Gasteiger partial charge on any atom is 0.150 e. The van der Waals surface area contributed by atoms with Crippen LogP contribution in [-0.2, 0) is 9.84 Å². The number of alkyl halides is 1. The van der Waals surface area contributed by atoms with Crippen LogP contribution in [0.25, 0.3) is 0 Å². The van der Waals surface area contributed by atoms with Gasteiger partial charge in [-0.25, -0.2) is 12.8 Å². The molecule has 66 valence electrons. The lowest BCUT2D eigenvalue weighted by atomic mass is 9.98. The fourth-order valence-corrected chi connectivity index (χ4v) is 2.63. The van der Waals surface area contributed by atoms with E-state index in [1.54, 1.807) is 0 Å². The molecule has 0 aromatic heterocycles. The highest BCUT2D eigenvalue weighted by Gasteiger charge is 2.28. The summed E-state index contributed by atoms with van der Waals surface area (Å²) >= 11 is 0. The first-order valence-corrected chi connectivity index (χ1v) is 5.78. The highest BCUT2D eigenvalue weighted by atomic mass is 32.2. The quantitative estimate of drug-likeness (QED) is 0.609. The number of rotatable bonds is 1. The Labute approximate surface area is 66.7 Å². The van der Waals surface area contributed by atoms with E-state index in [2.05, 4.69) is 0 Å². The molecule has 1 saturated carbocycles. The summed E-state index contributed by atoms with van der Waals surface area (Å²) in [5, 5.41) is -0.425. The van der Waals surface area contributed by atoms with Crippen molar-refractivity contribution >= 4 is 9.84 Å². The van der Waals surface area contributed by atoms with Crippen molar-refractivity contribution in [2.24, 2.45) is 0 Å². The van der Waals surface area contributed by atoms with Gasteiger partial charge in [0, 0.05) is 6.26 Å². The van der Waals surface area contributed by atoms with Gasteiger partial charge in [0.1, 0.15) is 16.0 Å². The van der Waals surface area contributed by atoms with Gasteiger partial charge < -0.3 is 0 Å². The lowest BCUT2D eigenvalue weighted by Gasteiger charge is -2.22. The molecule has 1 rings (SSSR count). The molecular formula is C7H13FO2S. The maximum absolute atomic E-state index is 12.7. The zero-order chi connectivity index (χ0) is 8.48. The van der Waals surface area contributed by atoms with Crippen LogP contribution in [0.5, 0.6) is 0 Å². The Morgan fingerprint density at radius 3 is 2.36 bits per heavy atom. The molecule has 4 heteroatoms. The van der Waals surface area contributed by atoms with Gasteiger partial charge in [-0.1, -0.05) is 0 Å². The van der Waals surface area contributed by atoms with Crippen LogP contribution in [-0.4, -0.2) is 26.1 Å². The van der Waals surface area contributed by atoms with Crippen molar-refractivity contribution in [1.82, 2.24) is 0 Å². The molecule has 1 aliphatic carbocycles. The first kappa shape index (κ1) is 8.97. The lowest BCUT2D eigenvalue weighted by molar-refractivity contribution is 0.252. The molecule has 1 aliphatic rings. The van der Waals surface area contributed by atoms with Crippen LogP contribution in [0, 0.1) is 0 Å². The van der Waals surface area contributed by atoms with Crippen molar-refractivity contribution in [3.05, 3.63) is 0 Å². The summed E-state index contributed by atoms with van der Waals surface area (Å²) in [5.41, 5.74) is 0. The van der Waals surface area contributed by atoms with Crippen LogP contribution in [0.15, 0.2) is 0 Å². The lowest BCUT2D eigenvalue weighted by Crippen LogP contribution is -2.27. The van der Waals surface area contributed by atoms with Crippen LogP contribution in [0.3, 0.4) is 0 Å². The molecule has 0 heterocycles. The summed E-state index contributed by atoms with van der Waals surface area (Å²) in [4.78, 5) is 0. The predicted octanol–water partition coefficient (Wildman–Crippen LogP) is 1.31. The number of halogens is 1. The molecule has 2 atom stereocenters. The number of hydrogen-bond donors (Lipinski definition) is 0. The summed E-state index contributed by atoms with van der Waals surface area (Å²) in [6.45, 7) is 0. The summed E-state index contributed by atoms with van der Waals surface area (Å²) in [5.74, 6) is 0. The summed E-state index contributed by atoms with van der Waals surface area (Å²) < 4.78 is 34.6. The highest BCUT2D eigenvalue weighted by molar-refractivity contribution is 7.91. The minimum absolute atomic E-state index is 0.207. The summed E-state index contributed by atoms with van der Waals surface area (Å²) in [7, 11) is -3.00. The second-order valence-corrected chi connectivity index (χ2v) is 5.54. The zero-order valence-corrected chi connectivity index (χ0v) is 7.40. The fraction of sp³-hybridized carbons (Fsp3) is 1.00. The summed E-state index contributed by atoms with van der Waals surface area (Å²) in [6, 6.07) is 0. The second-order valence-electron chi connectivity index (χ2n) is 3.22. The number of hydrogen-bond acceptors (Lipinski definition) is 2. The molecule has 0 saturated heterocycles. The van der Waals surface area contributed by atoms with Crippen LogP contribution in [0.4, 0.5) is 4.39 Å². The third kappa shape index (κ3) is 2.43. The molecule has 11 heavy (non-hydrogen) atoms. The molecule has 0 aliphatic heterocycles. The van der Waals surface area contributed by atoms with Crippen molar-refractivity contribution in [1.29, 1.82) is 0 Å². The molecule has 0 amide bonds. The van der Waals surface area contributed by atoms with Gasteiger partial charge in [0.05, 0.1) is 5.25 Å². The molecule has 2 unspecified atom stereocenters. The number of sulfone groups is 1. The zero-order valence-electron chi connectivity index (χ0n) is 6.59. The van der Waals surface area contributed by atoms with E-state index in [0.29, 0.717) is 19.3 Å². The van der Waals surface area contributed by atoms with E-state index < -0.39 is 21.3 Å². The Morgan fingerprint density at radius 1 is 1.36 bits per heavy atom.